The van der Waals surface area contributed by atoms with Gasteiger partial charge in [0.25, 0.3) is 0 Å². The summed E-state index contributed by atoms with van der Waals surface area (Å²) in [4.78, 5) is 19.9. The van der Waals surface area contributed by atoms with Crippen LogP contribution in [-0.2, 0) is 11.2 Å². The third kappa shape index (κ3) is 6.20. The molecule has 1 heterocycles. The summed E-state index contributed by atoms with van der Waals surface area (Å²) in [7, 11) is 0. The van der Waals surface area contributed by atoms with Gasteiger partial charge in [0.1, 0.15) is 0 Å². The SMILES string of the molecule is CC(C)C(=O)Nc1ncc(C(O)CNC(C)(C)Cc2ccccc2)cn1. The van der Waals surface area contributed by atoms with Gasteiger partial charge in [0.2, 0.25) is 11.9 Å². The number of nitrogens with one attached hydrogen (secondary N) is 2. The first kappa shape index (κ1) is 20.0. The molecule has 0 aliphatic rings. The highest BCUT2D eigenvalue weighted by atomic mass is 16.3. The predicted molar refractivity (Wildman–Crippen MR) is 103 cm³/mol. The molecule has 0 radical (unpaired) electrons. The summed E-state index contributed by atoms with van der Waals surface area (Å²) in [6.07, 6.45) is 3.22. The molecule has 0 saturated heterocycles. The number of hydrogen-bond donors (Lipinski definition) is 3. The van der Waals surface area contributed by atoms with Crippen molar-refractivity contribution in [2.45, 2.75) is 45.8 Å². The topological polar surface area (TPSA) is 87.1 Å². The van der Waals surface area contributed by atoms with Crippen LogP contribution in [-0.4, -0.2) is 33.1 Å². The van der Waals surface area contributed by atoms with E-state index < -0.39 is 6.10 Å². The van der Waals surface area contributed by atoms with E-state index >= 15 is 0 Å². The lowest BCUT2D eigenvalue weighted by Gasteiger charge is -2.28. The first-order chi connectivity index (χ1) is 12.3. The van der Waals surface area contributed by atoms with Crippen LogP contribution in [0.25, 0.3) is 0 Å². The second kappa shape index (κ2) is 8.87. The van der Waals surface area contributed by atoms with Gasteiger partial charge in [-0.1, -0.05) is 44.2 Å². The maximum Gasteiger partial charge on any atom is 0.229 e. The summed E-state index contributed by atoms with van der Waals surface area (Å²) in [5, 5.41) is 16.4. The average molecular weight is 356 g/mol. The van der Waals surface area contributed by atoms with Crippen LogP contribution in [0.4, 0.5) is 5.95 Å². The number of carbonyl (C=O) groups excluding carboxylic acids is 1. The Morgan fingerprint density at radius 3 is 2.35 bits per heavy atom. The first-order valence-corrected chi connectivity index (χ1v) is 8.86. The first-order valence-electron chi connectivity index (χ1n) is 8.86. The highest BCUT2D eigenvalue weighted by molar-refractivity contribution is 5.90. The third-order valence-corrected chi connectivity index (χ3v) is 4.08. The van der Waals surface area contributed by atoms with Crippen molar-refractivity contribution in [3.63, 3.8) is 0 Å². The second-order valence-electron chi connectivity index (χ2n) is 7.43. The van der Waals surface area contributed by atoms with Gasteiger partial charge in [-0.3, -0.25) is 10.1 Å². The second-order valence-corrected chi connectivity index (χ2v) is 7.43. The third-order valence-electron chi connectivity index (χ3n) is 4.08. The monoisotopic (exact) mass is 356 g/mol. The zero-order valence-corrected chi connectivity index (χ0v) is 15.9. The van der Waals surface area contributed by atoms with Crippen LogP contribution >= 0.6 is 0 Å². The smallest absolute Gasteiger partial charge is 0.229 e. The van der Waals surface area contributed by atoms with E-state index in [9.17, 15) is 9.90 Å². The lowest BCUT2D eigenvalue weighted by Crippen LogP contribution is -2.43. The van der Waals surface area contributed by atoms with E-state index in [1.165, 1.54) is 5.56 Å². The van der Waals surface area contributed by atoms with Crippen molar-refractivity contribution in [1.29, 1.82) is 0 Å². The van der Waals surface area contributed by atoms with Gasteiger partial charge in [-0.15, -0.1) is 0 Å². The lowest BCUT2D eigenvalue weighted by molar-refractivity contribution is -0.118. The number of amides is 1. The van der Waals surface area contributed by atoms with Gasteiger partial charge in [0.15, 0.2) is 0 Å². The molecule has 2 rings (SSSR count). The summed E-state index contributed by atoms with van der Waals surface area (Å²) >= 11 is 0. The molecular weight excluding hydrogens is 328 g/mol. The van der Waals surface area contributed by atoms with E-state index in [1.807, 2.05) is 18.2 Å². The van der Waals surface area contributed by atoms with Crippen LogP contribution < -0.4 is 10.6 Å². The fraction of sp³-hybridized carbons (Fsp3) is 0.450. The van der Waals surface area contributed by atoms with Gasteiger partial charge >= 0.3 is 0 Å². The van der Waals surface area contributed by atoms with Gasteiger partial charge in [-0.2, -0.15) is 0 Å². The molecule has 1 atom stereocenters. The summed E-state index contributed by atoms with van der Waals surface area (Å²) in [6.45, 7) is 8.20. The Labute approximate surface area is 155 Å². The maximum absolute atomic E-state index is 11.6. The highest BCUT2D eigenvalue weighted by Crippen LogP contribution is 2.16. The van der Waals surface area contributed by atoms with Gasteiger partial charge in [-0.25, -0.2) is 9.97 Å². The number of nitrogens with zero attached hydrogens (tertiary/aromatic N) is 2. The zero-order valence-electron chi connectivity index (χ0n) is 15.9. The van der Waals surface area contributed by atoms with E-state index in [1.54, 1.807) is 26.2 Å². The van der Waals surface area contributed by atoms with Crippen molar-refractivity contribution < 1.29 is 9.90 Å². The number of aliphatic hydroxyl groups is 1. The van der Waals surface area contributed by atoms with Crippen molar-refractivity contribution >= 4 is 11.9 Å². The number of benzene rings is 1. The molecule has 6 nitrogen and oxygen atoms in total. The summed E-state index contributed by atoms with van der Waals surface area (Å²) in [5.41, 5.74) is 1.69. The molecule has 2 aromatic rings. The number of aliphatic hydroxyl groups excluding tert-OH is 1. The van der Waals surface area contributed by atoms with Crippen molar-refractivity contribution in [2.24, 2.45) is 5.92 Å². The quantitative estimate of drug-likeness (QED) is 0.677. The molecule has 0 saturated carbocycles. The van der Waals surface area contributed by atoms with Crippen molar-refractivity contribution in [2.75, 3.05) is 11.9 Å². The van der Waals surface area contributed by atoms with E-state index in [2.05, 4.69) is 46.6 Å². The van der Waals surface area contributed by atoms with Crippen molar-refractivity contribution in [3.8, 4) is 0 Å². The molecule has 0 bridgehead atoms. The van der Waals surface area contributed by atoms with Crippen molar-refractivity contribution in [3.05, 3.63) is 53.9 Å². The molecule has 140 valence electrons. The van der Waals surface area contributed by atoms with Crippen molar-refractivity contribution in [1.82, 2.24) is 15.3 Å². The number of anilines is 1. The Morgan fingerprint density at radius 1 is 1.15 bits per heavy atom. The minimum Gasteiger partial charge on any atom is -0.387 e. The molecule has 0 aliphatic heterocycles. The molecule has 1 aromatic carbocycles. The Kier molecular flexibility index (Phi) is 6.83. The normalized spacial score (nSPS) is 12.8. The Balaban J connectivity index is 1.88. The minimum atomic E-state index is -0.722. The van der Waals surface area contributed by atoms with Gasteiger partial charge in [0, 0.05) is 36.0 Å². The fourth-order valence-corrected chi connectivity index (χ4v) is 2.49. The number of β-amino-alcohol motifs (C(OH)–C–C–N with tert-alkyl or cyclic N) is 1. The Bertz CT molecular complexity index is 700. The molecule has 1 unspecified atom stereocenters. The van der Waals surface area contributed by atoms with Gasteiger partial charge in [-0.05, 0) is 25.8 Å². The number of rotatable bonds is 8. The predicted octanol–water partition coefficient (Wildman–Crippen LogP) is 2.72. The minimum absolute atomic E-state index is 0.136. The van der Waals surface area contributed by atoms with Gasteiger partial charge in [0.05, 0.1) is 6.10 Å². The van der Waals surface area contributed by atoms with Crippen LogP contribution in [0.2, 0.25) is 0 Å². The summed E-state index contributed by atoms with van der Waals surface area (Å²) < 4.78 is 0. The number of aromatic nitrogens is 2. The molecule has 26 heavy (non-hydrogen) atoms. The molecular formula is C20H28N4O2. The largest absolute Gasteiger partial charge is 0.387 e. The molecule has 1 amide bonds. The van der Waals surface area contributed by atoms with E-state index in [-0.39, 0.29) is 23.3 Å². The maximum atomic E-state index is 11.6. The molecule has 6 heteroatoms. The van der Waals surface area contributed by atoms with Crippen LogP contribution in [0.5, 0.6) is 0 Å². The molecule has 1 aromatic heterocycles. The Hall–Kier alpha value is -2.31. The molecule has 0 spiro atoms. The van der Waals surface area contributed by atoms with Gasteiger partial charge < -0.3 is 10.4 Å². The summed E-state index contributed by atoms with van der Waals surface area (Å²) in [5.74, 6) is -0.0282. The molecule has 0 aliphatic carbocycles. The average Bonchev–Trinajstić information content (AvgIpc) is 2.61. The van der Waals surface area contributed by atoms with E-state index in [0.29, 0.717) is 12.1 Å². The van der Waals surface area contributed by atoms with Crippen LogP contribution in [0.1, 0.15) is 44.9 Å². The summed E-state index contributed by atoms with van der Waals surface area (Å²) in [6, 6.07) is 10.2. The highest BCUT2D eigenvalue weighted by Gasteiger charge is 2.20. The molecule has 3 N–H and O–H groups in total. The van der Waals surface area contributed by atoms with Crippen LogP contribution in [0, 0.1) is 5.92 Å². The standard InChI is InChI=1S/C20H28N4O2/c1-14(2)18(26)24-19-21-11-16(12-22-19)17(25)13-23-20(3,4)10-15-8-6-5-7-9-15/h5-9,11-12,14,17,23,25H,10,13H2,1-4H3,(H,21,22,24,26). The molecule has 0 fully saturated rings. The van der Waals surface area contributed by atoms with Crippen LogP contribution in [0.15, 0.2) is 42.7 Å². The number of hydrogen-bond acceptors (Lipinski definition) is 5. The van der Waals surface area contributed by atoms with Crippen LogP contribution in [0.3, 0.4) is 0 Å². The van der Waals surface area contributed by atoms with E-state index in [4.69, 9.17) is 0 Å². The zero-order chi connectivity index (χ0) is 19.2. The fourth-order valence-electron chi connectivity index (χ4n) is 2.49. The number of carbonyl (C=O) groups is 1. The Morgan fingerprint density at radius 2 is 1.77 bits per heavy atom. The lowest BCUT2D eigenvalue weighted by atomic mass is 9.94. The van der Waals surface area contributed by atoms with E-state index in [0.717, 1.165) is 6.42 Å².